The summed E-state index contributed by atoms with van der Waals surface area (Å²) in [6, 6.07) is 14.9. The van der Waals surface area contributed by atoms with E-state index in [1.165, 1.54) is 6.07 Å². The first-order valence-electron chi connectivity index (χ1n) is 9.26. The van der Waals surface area contributed by atoms with Crippen molar-refractivity contribution in [2.75, 3.05) is 0 Å². The second-order valence-corrected chi connectivity index (χ2v) is 7.39. The summed E-state index contributed by atoms with van der Waals surface area (Å²) in [7, 11) is 0. The van der Waals surface area contributed by atoms with E-state index >= 15 is 0 Å². The molecule has 0 saturated heterocycles. The van der Waals surface area contributed by atoms with Crippen LogP contribution in [0.2, 0.25) is 5.02 Å². The summed E-state index contributed by atoms with van der Waals surface area (Å²) >= 11 is 6.06. The minimum absolute atomic E-state index is 0.0196. The van der Waals surface area contributed by atoms with Crippen LogP contribution in [-0.4, -0.2) is 14.5 Å². The van der Waals surface area contributed by atoms with Crippen LogP contribution in [0.5, 0.6) is 0 Å². The number of benzene rings is 2. The molecule has 1 aliphatic heterocycles. The summed E-state index contributed by atoms with van der Waals surface area (Å²) in [5, 5.41) is 12.3. The van der Waals surface area contributed by atoms with Crippen molar-refractivity contribution in [3.63, 3.8) is 0 Å². The smallest absolute Gasteiger partial charge is 0.280 e. The number of fused-ring (bicyclic) bond motifs is 2. The van der Waals surface area contributed by atoms with Gasteiger partial charge < -0.3 is 4.42 Å². The molecular weight excluding hydrogens is 406 g/mol. The van der Waals surface area contributed by atoms with E-state index in [2.05, 4.69) is 4.98 Å². The third-order valence-corrected chi connectivity index (χ3v) is 5.35. The Morgan fingerprint density at radius 1 is 1.17 bits per heavy atom. The molecule has 2 aromatic heterocycles. The second-order valence-electron chi connectivity index (χ2n) is 6.95. The van der Waals surface area contributed by atoms with Crippen LogP contribution in [0.15, 0.2) is 63.8 Å². The number of halogens is 1. The molecule has 4 aromatic rings. The van der Waals surface area contributed by atoms with Crippen molar-refractivity contribution in [3.8, 4) is 11.3 Å². The standard InChI is InChI=1S/C22H14ClN3O4/c23-14-5-7-16-18(12-14)24-21-13(9-10-25(21)22(16)27)11-15-6-8-20(30-15)17-3-1-2-4-19(17)26(28)29/h1-8,11-12H,9-10H2/b13-11+. The first-order chi connectivity index (χ1) is 14.5. The van der Waals surface area contributed by atoms with E-state index in [0.717, 1.165) is 5.57 Å². The number of hydrogen-bond donors (Lipinski definition) is 0. The van der Waals surface area contributed by atoms with Crippen molar-refractivity contribution in [2.24, 2.45) is 0 Å². The molecule has 5 rings (SSSR count). The van der Waals surface area contributed by atoms with Gasteiger partial charge in [0.2, 0.25) is 0 Å². The summed E-state index contributed by atoms with van der Waals surface area (Å²) in [4.78, 5) is 28.3. The van der Waals surface area contributed by atoms with Crippen molar-refractivity contribution < 1.29 is 9.34 Å². The van der Waals surface area contributed by atoms with Gasteiger partial charge in [0.25, 0.3) is 11.2 Å². The van der Waals surface area contributed by atoms with Gasteiger partial charge in [-0.1, -0.05) is 23.7 Å². The number of rotatable bonds is 3. The molecule has 1 aliphatic rings. The molecule has 0 amide bonds. The van der Waals surface area contributed by atoms with E-state index in [-0.39, 0.29) is 11.2 Å². The van der Waals surface area contributed by atoms with Gasteiger partial charge in [-0.25, -0.2) is 4.98 Å². The van der Waals surface area contributed by atoms with Crippen LogP contribution >= 0.6 is 11.6 Å². The molecule has 0 aliphatic carbocycles. The van der Waals surface area contributed by atoms with Gasteiger partial charge in [-0.2, -0.15) is 0 Å². The summed E-state index contributed by atoms with van der Waals surface area (Å²) in [6.45, 7) is 0.531. The van der Waals surface area contributed by atoms with Crippen LogP contribution in [0, 0.1) is 10.1 Å². The van der Waals surface area contributed by atoms with Gasteiger partial charge in [0.15, 0.2) is 0 Å². The fraction of sp³-hybridized carbons (Fsp3) is 0.0909. The fourth-order valence-electron chi connectivity index (χ4n) is 3.72. The Morgan fingerprint density at radius 3 is 2.83 bits per heavy atom. The monoisotopic (exact) mass is 419 g/mol. The molecule has 0 bridgehead atoms. The number of nitro benzene ring substituents is 1. The third-order valence-electron chi connectivity index (χ3n) is 5.12. The zero-order valence-electron chi connectivity index (χ0n) is 15.5. The number of para-hydroxylation sites is 1. The lowest BCUT2D eigenvalue weighted by molar-refractivity contribution is -0.384. The minimum Gasteiger partial charge on any atom is -0.456 e. The summed E-state index contributed by atoms with van der Waals surface area (Å²) in [5.41, 5.74) is 1.70. The number of nitrogens with zero attached hydrogens (tertiary/aromatic N) is 3. The second kappa shape index (κ2) is 6.96. The Kier molecular flexibility index (Phi) is 4.25. The summed E-state index contributed by atoms with van der Waals surface area (Å²) in [6.07, 6.45) is 2.45. The van der Waals surface area contributed by atoms with E-state index in [0.29, 0.717) is 51.8 Å². The van der Waals surface area contributed by atoms with Gasteiger partial charge in [-0.15, -0.1) is 0 Å². The molecule has 0 N–H and O–H groups in total. The topological polar surface area (TPSA) is 91.2 Å². The molecular formula is C22H14ClN3O4. The van der Waals surface area contributed by atoms with E-state index in [1.807, 2.05) is 6.08 Å². The highest BCUT2D eigenvalue weighted by Gasteiger charge is 2.22. The van der Waals surface area contributed by atoms with Gasteiger partial charge in [0.1, 0.15) is 17.3 Å². The van der Waals surface area contributed by atoms with Gasteiger partial charge >= 0.3 is 0 Å². The highest BCUT2D eigenvalue weighted by atomic mass is 35.5. The Morgan fingerprint density at radius 2 is 2.00 bits per heavy atom. The molecule has 0 saturated carbocycles. The lowest BCUT2D eigenvalue weighted by atomic mass is 10.1. The normalized spacial score (nSPS) is 14.4. The molecule has 7 nitrogen and oxygen atoms in total. The largest absolute Gasteiger partial charge is 0.456 e. The van der Waals surface area contributed by atoms with E-state index in [9.17, 15) is 14.9 Å². The van der Waals surface area contributed by atoms with Crippen molar-refractivity contribution in [1.82, 2.24) is 9.55 Å². The third kappa shape index (κ3) is 3.00. The van der Waals surface area contributed by atoms with Crippen LogP contribution in [0.25, 0.3) is 33.9 Å². The van der Waals surface area contributed by atoms with Gasteiger partial charge in [-0.3, -0.25) is 19.5 Å². The first-order valence-corrected chi connectivity index (χ1v) is 9.64. The van der Waals surface area contributed by atoms with Crippen molar-refractivity contribution in [2.45, 2.75) is 13.0 Å². The highest BCUT2D eigenvalue weighted by Crippen LogP contribution is 2.33. The highest BCUT2D eigenvalue weighted by molar-refractivity contribution is 6.31. The predicted molar refractivity (Wildman–Crippen MR) is 114 cm³/mol. The van der Waals surface area contributed by atoms with E-state index in [1.54, 1.807) is 53.1 Å². The maximum absolute atomic E-state index is 12.8. The quantitative estimate of drug-likeness (QED) is 0.338. The Bertz CT molecular complexity index is 1420. The molecule has 3 heterocycles. The fourth-order valence-corrected chi connectivity index (χ4v) is 3.88. The molecule has 2 aromatic carbocycles. The Balaban J connectivity index is 1.57. The van der Waals surface area contributed by atoms with Crippen LogP contribution in [0.3, 0.4) is 0 Å². The Labute approximate surface area is 175 Å². The summed E-state index contributed by atoms with van der Waals surface area (Å²) in [5.74, 6) is 1.52. The van der Waals surface area contributed by atoms with Crippen LogP contribution in [0.4, 0.5) is 5.69 Å². The number of hydrogen-bond acceptors (Lipinski definition) is 5. The molecule has 0 fully saturated rings. The summed E-state index contributed by atoms with van der Waals surface area (Å²) < 4.78 is 7.50. The zero-order chi connectivity index (χ0) is 20.8. The number of furan rings is 1. The van der Waals surface area contributed by atoms with Gasteiger partial charge in [-0.05, 0) is 48.9 Å². The zero-order valence-corrected chi connectivity index (χ0v) is 16.3. The molecule has 0 unspecified atom stereocenters. The lowest BCUT2D eigenvalue weighted by Gasteiger charge is -2.05. The molecule has 0 spiro atoms. The average Bonchev–Trinajstić information content (AvgIpc) is 3.36. The predicted octanol–water partition coefficient (Wildman–Crippen LogP) is 5.16. The molecule has 30 heavy (non-hydrogen) atoms. The first kappa shape index (κ1) is 18.3. The number of allylic oxidation sites excluding steroid dienone is 1. The number of nitro groups is 1. The van der Waals surface area contributed by atoms with Crippen LogP contribution in [0.1, 0.15) is 18.0 Å². The molecule has 8 heteroatoms. The van der Waals surface area contributed by atoms with Gasteiger partial charge in [0.05, 0.1) is 21.4 Å². The van der Waals surface area contributed by atoms with E-state index in [4.69, 9.17) is 16.0 Å². The van der Waals surface area contributed by atoms with Crippen LogP contribution in [-0.2, 0) is 6.54 Å². The van der Waals surface area contributed by atoms with Crippen molar-refractivity contribution >= 4 is 39.8 Å². The molecule has 148 valence electrons. The minimum atomic E-state index is -0.435. The Hall–Kier alpha value is -3.71. The molecule has 0 radical (unpaired) electrons. The average molecular weight is 420 g/mol. The van der Waals surface area contributed by atoms with Crippen molar-refractivity contribution in [3.05, 3.63) is 91.7 Å². The molecule has 0 atom stereocenters. The number of aromatic nitrogens is 2. The van der Waals surface area contributed by atoms with E-state index < -0.39 is 4.92 Å². The lowest BCUT2D eigenvalue weighted by Crippen LogP contribution is -2.20. The van der Waals surface area contributed by atoms with Crippen molar-refractivity contribution in [1.29, 1.82) is 0 Å². The maximum Gasteiger partial charge on any atom is 0.280 e. The SMILES string of the molecule is O=c1c2ccc(Cl)cc2nc2n1CC/C2=C\c1ccc(-c2ccccc2[N+](=O)[O-])o1. The van der Waals surface area contributed by atoms with Gasteiger partial charge in [0, 0.05) is 23.2 Å². The maximum atomic E-state index is 12.8. The van der Waals surface area contributed by atoms with Crippen LogP contribution < -0.4 is 5.56 Å².